The van der Waals surface area contributed by atoms with Crippen LogP contribution in [0.1, 0.15) is 20.3 Å². The molecule has 0 radical (unpaired) electrons. The first-order valence-corrected chi connectivity index (χ1v) is 6.36. The zero-order valence-corrected chi connectivity index (χ0v) is 10.8. The third kappa shape index (κ3) is 1.97. The second-order valence-corrected chi connectivity index (χ2v) is 5.51. The quantitative estimate of drug-likeness (QED) is 0.884. The molecule has 0 aliphatic carbocycles. The van der Waals surface area contributed by atoms with Gasteiger partial charge in [0.1, 0.15) is 11.7 Å². The van der Waals surface area contributed by atoms with Crippen LogP contribution in [0, 0.1) is 5.41 Å². The molecule has 0 saturated carbocycles. The van der Waals surface area contributed by atoms with E-state index in [1.165, 1.54) is 0 Å². The number of hydrogen-bond donors (Lipinski definition) is 1. The molecule has 0 aromatic carbocycles. The Labute approximate surface area is 106 Å². The predicted molar refractivity (Wildman–Crippen MR) is 69.7 cm³/mol. The van der Waals surface area contributed by atoms with Crippen LogP contribution in [0.3, 0.4) is 0 Å². The Bertz CT molecular complexity index is 547. The number of ether oxygens (including phenoxy) is 1. The Morgan fingerprint density at radius 3 is 3.17 bits per heavy atom. The molecule has 18 heavy (non-hydrogen) atoms. The van der Waals surface area contributed by atoms with Crippen molar-refractivity contribution in [3.05, 3.63) is 24.6 Å². The van der Waals surface area contributed by atoms with Crippen molar-refractivity contribution in [2.45, 2.75) is 26.4 Å². The number of furan rings is 1. The van der Waals surface area contributed by atoms with Crippen molar-refractivity contribution in [1.82, 2.24) is 10.3 Å². The first-order valence-electron chi connectivity index (χ1n) is 6.36. The van der Waals surface area contributed by atoms with Crippen molar-refractivity contribution in [3.63, 3.8) is 0 Å². The van der Waals surface area contributed by atoms with Gasteiger partial charge in [-0.3, -0.25) is 0 Å². The van der Waals surface area contributed by atoms with E-state index in [9.17, 15) is 0 Å². The number of fused-ring (bicyclic) bond motifs is 1. The molecule has 3 heterocycles. The van der Waals surface area contributed by atoms with E-state index in [1.807, 2.05) is 12.1 Å². The van der Waals surface area contributed by atoms with E-state index in [1.54, 1.807) is 12.5 Å². The van der Waals surface area contributed by atoms with E-state index in [0.29, 0.717) is 5.88 Å². The normalized spacial score (nSPS) is 23.1. The predicted octanol–water partition coefficient (Wildman–Crippen LogP) is 2.59. The van der Waals surface area contributed by atoms with Gasteiger partial charge >= 0.3 is 0 Å². The fourth-order valence-electron chi connectivity index (χ4n) is 2.46. The summed E-state index contributed by atoms with van der Waals surface area (Å²) >= 11 is 0. The molecule has 1 unspecified atom stereocenters. The van der Waals surface area contributed by atoms with Gasteiger partial charge in [-0.15, -0.1) is 0 Å². The summed E-state index contributed by atoms with van der Waals surface area (Å²) in [6, 6.07) is 3.77. The molecule has 2 aromatic rings. The molecule has 1 saturated heterocycles. The largest absolute Gasteiger partial charge is 0.473 e. The third-order valence-electron chi connectivity index (χ3n) is 3.63. The minimum atomic E-state index is 0.117. The molecule has 0 bridgehead atoms. The monoisotopic (exact) mass is 246 g/mol. The van der Waals surface area contributed by atoms with Crippen LogP contribution in [-0.4, -0.2) is 24.2 Å². The molecule has 1 N–H and O–H groups in total. The number of piperidine rings is 1. The summed E-state index contributed by atoms with van der Waals surface area (Å²) in [4.78, 5) is 4.34. The van der Waals surface area contributed by atoms with Crippen LogP contribution in [0.5, 0.6) is 5.88 Å². The molecule has 1 atom stereocenters. The Balaban J connectivity index is 1.89. The molecule has 4 nitrogen and oxygen atoms in total. The Kier molecular flexibility index (Phi) is 2.74. The maximum Gasteiger partial charge on any atom is 0.224 e. The molecule has 1 aliphatic rings. The van der Waals surface area contributed by atoms with Crippen LogP contribution in [0.2, 0.25) is 0 Å². The summed E-state index contributed by atoms with van der Waals surface area (Å²) in [6.45, 7) is 6.41. The average Bonchev–Trinajstić information content (AvgIpc) is 2.81. The second-order valence-electron chi connectivity index (χ2n) is 5.51. The Hall–Kier alpha value is -1.55. The SMILES string of the molecule is CC1(C)CNCCC1Oc1nccc2occc12. The van der Waals surface area contributed by atoms with Crippen molar-refractivity contribution in [2.24, 2.45) is 5.41 Å². The van der Waals surface area contributed by atoms with E-state index in [4.69, 9.17) is 9.15 Å². The van der Waals surface area contributed by atoms with Gasteiger partial charge in [-0.25, -0.2) is 4.98 Å². The maximum absolute atomic E-state index is 6.13. The highest BCUT2D eigenvalue weighted by atomic mass is 16.5. The van der Waals surface area contributed by atoms with Crippen LogP contribution in [0.15, 0.2) is 29.0 Å². The van der Waals surface area contributed by atoms with E-state index < -0.39 is 0 Å². The van der Waals surface area contributed by atoms with Gasteiger partial charge in [-0.05, 0) is 25.1 Å². The smallest absolute Gasteiger partial charge is 0.224 e. The first kappa shape index (κ1) is 11.5. The highest BCUT2D eigenvalue weighted by molar-refractivity contribution is 5.81. The fourth-order valence-corrected chi connectivity index (χ4v) is 2.46. The summed E-state index contributed by atoms with van der Waals surface area (Å²) < 4.78 is 11.5. The summed E-state index contributed by atoms with van der Waals surface area (Å²) in [7, 11) is 0. The van der Waals surface area contributed by atoms with E-state index >= 15 is 0 Å². The first-order chi connectivity index (χ1) is 8.67. The van der Waals surface area contributed by atoms with Gasteiger partial charge in [0, 0.05) is 18.2 Å². The zero-order valence-electron chi connectivity index (χ0n) is 10.8. The number of nitrogens with one attached hydrogen (secondary N) is 1. The van der Waals surface area contributed by atoms with Gasteiger partial charge < -0.3 is 14.5 Å². The molecular weight excluding hydrogens is 228 g/mol. The van der Waals surface area contributed by atoms with Crippen molar-refractivity contribution < 1.29 is 9.15 Å². The molecule has 0 spiro atoms. The van der Waals surface area contributed by atoms with E-state index in [2.05, 4.69) is 24.1 Å². The molecule has 3 rings (SSSR count). The van der Waals surface area contributed by atoms with Gasteiger partial charge in [0.15, 0.2) is 0 Å². The lowest BCUT2D eigenvalue weighted by Gasteiger charge is -2.38. The van der Waals surface area contributed by atoms with Gasteiger partial charge in [0.25, 0.3) is 0 Å². The summed E-state index contributed by atoms with van der Waals surface area (Å²) in [5, 5.41) is 4.35. The van der Waals surface area contributed by atoms with Gasteiger partial charge in [0.2, 0.25) is 5.88 Å². The lowest BCUT2D eigenvalue weighted by atomic mass is 9.82. The minimum Gasteiger partial charge on any atom is -0.473 e. The van der Waals surface area contributed by atoms with Crippen LogP contribution in [0.25, 0.3) is 11.0 Å². The standard InChI is InChI=1S/C14H18N2O2/c1-14(2)9-15-6-4-12(14)18-13-10-5-8-17-11(10)3-7-16-13/h3,5,7-8,12,15H,4,6,9H2,1-2H3. The number of aromatic nitrogens is 1. The molecule has 0 amide bonds. The number of nitrogens with zero attached hydrogens (tertiary/aromatic N) is 1. The van der Waals surface area contributed by atoms with Gasteiger partial charge in [0.05, 0.1) is 11.6 Å². The highest BCUT2D eigenvalue weighted by Gasteiger charge is 2.34. The maximum atomic E-state index is 6.13. The number of hydrogen-bond acceptors (Lipinski definition) is 4. The summed E-state index contributed by atoms with van der Waals surface area (Å²) in [5.41, 5.74) is 0.943. The van der Waals surface area contributed by atoms with Crippen LogP contribution in [-0.2, 0) is 0 Å². The highest BCUT2D eigenvalue weighted by Crippen LogP contribution is 2.32. The topological polar surface area (TPSA) is 47.3 Å². The number of rotatable bonds is 2. The summed E-state index contributed by atoms with van der Waals surface area (Å²) in [6.07, 6.45) is 4.59. The van der Waals surface area contributed by atoms with E-state index in [-0.39, 0.29) is 11.5 Å². The van der Waals surface area contributed by atoms with Crippen LogP contribution < -0.4 is 10.1 Å². The lowest BCUT2D eigenvalue weighted by Crippen LogP contribution is -2.48. The van der Waals surface area contributed by atoms with Crippen molar-refractivity contribution in [2.75, 3.05) is 13.1 Å². The molecule has 96 valence electrons. The molecular formula is C14H18N2O2. The lowest BCUT2D eigenvalue weighted by molar-refractivity contribution is 0.0428. The number of pyridine rings is 1. The molecule has 4 heteroatoms. The minimum absolute atomic E-state index is 0.117. The van der Waals surface area contributed by atoms with Gasteiger partial charge in [-0.2, -0.15) is 0 Å². The van der Waals surface area contributed by atoms with Gasteiger partial charge in [-0.1, -0.05) is 13.8 Å². The Morgan fingerprint density at radius 1 is 1.44 bits per heavy atom. The van der Waals surface area contributed by atoms with Crippen molar-refractivity contribution in [3.8, 4) is 5.88 Å². The van der Waals surface area contributed by atoms with Crippen molar-refractivity contribution in [1.29, 1.82) is 0 Å². The molecule has 1 fully saturated rings. The third-order valence-corrected chi connectivity index (χ3v) is 3.63. The molecule has 1 aliphatic heterocycles. The zero-order chi connectivity index (χ0) is 12.6. The summed E-state index contributed by atoms with van der Waals surface area (Å²) in [5.74, 6) is 0.682. The van der Waals surface area contributed by atoms with E-state index in [0.717, 1.165) is 30.5 Å². The second kappa shape index (κ2) is 4.28. The van der Waals surface area contributed by atoms with Crippen LogP contribution in [0.4, 0.5) is 0 Å². The molecule has 2 aromatic heterocycles. The fraction of sp³-hybridized carbons (Fsp3) is 0.500. The Morgan fingerprint density at radius 2 is 2.33 bits per heavy atom. The van der Waals surface area contributed by atoms with Crippen molar-refractivity contribution >= 4 is 11.0 Å². The average molecular weight is 246 g/mol. The van der Waals surface area contributed by atoms with Crippen LogP contribution >= 0.6 is 0 Å².